The molecule has 0 spiro atoms. The Balaban J connectivity index is 1.90. The first-order chi connectivity index (χ1) is 8.83. The third-order valence-electron chi connectivity index (χ3n) is 5.69. The predicted octanol–water partition coefficient (Wildman–Crippen LogP) is 5.38. The molecule has 2 heteroatoms. The quantitative estimate of drug-likeness (QED) is 0.770. The summed E-state index contributed by atoms with van der Waals surface area (Å²) in [5.41, 5.74) is 3.42. The van der Waals surface area contributed by atoms with E-state index < -0.39 is 0 Å². The molecule has 0 aromatic heterocycles. The molecule has 1 aromatic carbocycles. The van der Waals surface area contributed by atoms with Gasteiger partial charge in [0.1, 0.15) is 0 Å². The second kappa shape index (κ2) is 4.25. The van der Waals surface area contributed by atoms with Crippen molar-refractivity contribution in [2.45, 2.75) is 53.0 Å². The number of hydrogen-bond acceptors (Lipinski definition) is 1. The minimum absolute atomic E-state index is 0.400. The summed E-state index contributed by atoms with van der Waals surface area (Å²) >= 11 is 3.70. The third kappa shape index (κ3) is 2.03. The lowest BCUT2D eigenvalue weighted by molar-refractivity contribution is 0.155. The first-order valence-corrected chi connectivity index (χ1v) is 8.15. The van der Waals surface area contributed by atoms with Crippen molar-refractivity contribution in [2.24, 2.45) is 16.7 Å². The average Bonchev–Trinajstić information content (AvgIpc) is 2.78. The van der Waals surface area contributed by atoms with Crippen molar-refractivity contribution < 1.29 is 0 Å². The van der Waals surface area contributed by atoms with E-state index in [2.05, 4.69) is 67.1 Å². The van der Waals surface area contributed by atoms with E-state index in [9.17, 15) is 0 Å². The van der Waals surface area contributed by atoms with Gasteiger partial charge < -0.3 is 5.32 Å². The van der Waals surface area contributed by atoms with E-state index in [0.29, 0.717) is 16.9 Å². The van der Waals surface area contributed by atoms with Crippen LogP contribution in [0.5, 0.6) is 0 Å². The van der Waals surface area contributed by atoms with Crippen LogP contribution in [0.1, 0.15) is 45.6 Å². The van der Waals surface area contributed by atoms with Gasteiger partial charge in [0.2, 0.25) is 0 Å². The maximum Gasteiger partial charge on any atom is 0.0487 e. The molecule has 2 saturated carbocycles. The zero-order chi connectivity index (χ0) is 13.8. The lowest BCUT2D eigenvalue weighted by Gasteiger charge is -2.43. The van der Waals surface area contributed by atoms with Gasteiger partial charge in [0.15, 0.2) is 0 Å². The van der Waals surface area contributed by atoms with Gasteiger partial charge in [-0.25, -0.2) is 0 Å². The van der Waals surface area contributed by atoms with E-state index in [1.54, 1.807) is 0 Å². The van der Waals surface area contributed by atoms with Crippen molar-refractivity contribution >= 4 is 21.6 Å². The Morgan fingerprint density at radius 1 is 1.26 bits per heavy atom. The molecule has 1 N–H and O–H groups in total. The summed E-state index contributed by atoms with van der Waals surface area (Å²) in [6.07, 6.45) is 4.18. The zero-order valence-corrected chi connectivity index (χ0v) is 14.0. The van der Waals surface area contributed by atoms with E-state index in [4.69, 9.17) is 0 Å². The number of fused-ring (bicyclic) bond motifs is 2. The largest absolute Gasteiger partial charge is 0.380 e. The highest BCUT2D eigenvalue weighted by Crippen LogP contribution is 2.63. The van der Waals surface area contributed by atoms with Crippen molar-refractivity contribution in [3.8, 4) is 0 Å². The molecule has 2 aliphatic rings. The SMILES string of the molecule is Cc1ccc(NC2C3(C)CCC(C3)C2(C)C)c(Br)c1. The van der Waals surface area contributed by atoms with Crippen molar-refractivity contribution in [3.63, 3.8) is 0 Å². The number of hydrogen-bond donors (Lipinski definition) is 1. The maximum atomic E-state index is 3.85. The van der Waals surface area contributed by atoms with Gasteiger partial charge in [-0.2, -0.15) is 0 Å². The standard InChI is InChI=1S/C17H24BrN/c1-11-5-6-14(13(18)9-11)19-15-16(2,3)12-7-8-17(15,4)10-12/h5-6,9,12,15,19H,7-8,10H2,1-4H3. The summed E-state index contributed by atoms with van der Waals surface area (Å²) in [5, 5.41) is 3.85. The number of anilines is 1. The summed E-state index contributed by atoms with van der Waals surface area (Å²) in [6, 6.07) is 7.18. The molecule has 2 fully saturated rings. The van der Waals surface area contributed by atoms with Crippen molar-refractivity contribution in [3.05, 3.63) is 28.2 Å². The molecule has 0 heterocycles. The highest BCUT2D eigenvalue weighted by Gasteiger charge is 2.59. The highest BCUT2D eigenvalue weighted by atomic mass is 79.9. The molecule has 2 aliphatic carbocycles. The molecule has 3 atom stereocenters. The summed E-state index contributed by atoms with van der Waals surface area (Å²) in [5.74, 6) is 0.888. The zero-order valence-electron chi connectivity index (χ0n) is 12.4. The monoisotopic (exact) mass is 321 g/mol. The maximum absolute atomic E-state index is 3.85. The van der Waals surface area contributed by atoms with Gasteiger partial charge in [-0.15, -0.1) is 0 Å². The van der Waals surface area contributed by atoms with Crippen LogP contribution in [-0.4, -0.2) is 6.04 Å². The number of benzene rings is 1. The van der Waals surface area contributed by atoms with E-state index in [-0.39, 0.29) is 0 Å². The van der Waals surface area contributed by atoms with Gasteiger partial charge in [-0.1, -0.05) is 26.8 Å². The molecule has 0 amide bonds. The number of aryl methyl sites for hydroxylation is 1. The Kier molecular flexibility index (Phi) is 3.01. The van der Waals surface area contributed by atoms with E-state index in [0.717, 1.165) is 5.92 Å². The average molecular weight is 322 g/mol. The first-order valence-electron chi connectivity index (χ1n) is 7.36. The molecular formula is C17H24BrN. The summed E-state index contributed by atoms with van der Waals surface area (Å²) in [6.45, 7) is 9.50. The molecular weight excluding hydrogens is 298 g/mol. The third-order valence-corrected chi connectivity index (χ3v) is 6.35. The molecule has 0 saturated heterocycles. The lowest BCUT2D eigenvalue weighted by atomic mass is 9.68. The molecule has 104 valence electrons. The Labute approximate surface area is 125 Å². The summed E-state index contributed by atoms with van der Waals surface area (Å²) < 4.78 is 1.19. The molecule has 2 bridgehead atoms. The number of rotatable bonds is 2. The highest BCUT2D eigenvalue weighted by molar-refractivity contribution is 9.10. The van der Waals surface area contributed by atoms with Gasteiger partial charge >= 0.3 is 0 Å². The minimum atomic E-state index is 0.400. The predicted molar refractivity (Wildman–Crippen MR) is 85.5 cm³/mol. The fourth-order valence-electron chi connectivity index (χ4n) is 4.55. The summed E-state index contributed by atoms with van der Waals surface area (Å²) in [7, 11) is 0. The van der Waals surface area contributed by atoms with Crippen LogP contribution in [0, 0.1) is 23.7 Å². The Bertz CT molecular complexity index is 503. The minimum Gasteiger partial charge on any atom is -0.380 e. The van der Waals surface area contributed by atoms with Gasteiger partial charge in [0.05, 0.1) is 0 Å². The lowest BCUT2D eigenvalue weighted by Crippen LogP contribution is -2.45. The fraction of sp³-hybridized carbons (Fsp3) is 0.647. The van der Waals surface area contributed by atoms with Gasteiger partial charge in [-0.3, -0.25) is 0 Å². The number of nitrogens with one attached hydrogen (secondary N) is 1. The Morgan fingerprint density at radius 2 is 2.00 bits per heavy atom. The van der Waals surface area contributed by atoms with Gasteiger partial charge in [0.25, 0.3) is 0 Å². The Morgan fingerprint density at radius 3 is 2.58 bits per heavy atom. The smallest absolute Gasteiger partial charge is 0.0487 e. The van der Waals surface area contributed by atoms with Crippen LogP contribution in [0.15, 0.2) is 22.7 Å². The van der Waals surface area contributed by atoms with Crippen molar-refractivity contribution in [1.82, 2.24) is 0 Å². The fourth-order valence-corrected chi connectivity index (χ4v) is 5.16. The molecule has 0 radical (unpaired) electrons. The van der Waals surface area contributed by atoms with Crippen LogP contribution in [0.25, 0.3) is 0 Å². The van der Waals surface area contributed by atoms with Crippen molar-refractivity contribution in [2.75, 3.05) is 5.32 Å². The molecule has 19 heavy (non-hydrogen) atoms. The van der Waals surface area contributed by atoms with Crippen LogP contribution >= 0.6 is 15.9 Å². The number of halogens is 1. The first kappa shape index (κ1) is 13.5. The normalized spacial score (nSPS) is 35.6. The van der Waals surface area contributed by atoms with Crippen LogP contribution < -0.4 is 5.32 Å². The molecule has 3 unspecified atom stereocenters. The molecule has 0 aliphatic heterocycles. The van der Waals surface area contributed by atoms with Crippen LogP contribution in [-0.2, 0) is 0 Å². The topological polar surface area (TPSA) is 12.0 Å². The van der Waals surface area contributed by atoms with Gasteiger partial charge in [0, 0.05) is 16.2 Å². The van der Waals surface area contributed by atoms with Crippen LogP contribution in [0.4, 0.5) is 5.69 Å². The second-order valence-corrected chi connectivity index (χ2v) is 8.33. The molecule has 3 rings (SSSR count). The van der Waals surface area contributed by atoms with Crippen LogP contribution in [0.3, 0.4) is 0 Å². The van der Waals surface area contributed by atoms with Gasteiger partial charge in [-0.05, 0) is 76.6 Å². The molecule has 1 aromatic rings. The Hall–Kier alpha value is -0.500. The second-order valence-electron chi connectivity index (χ2n) is 7.48. The van der Waals surface area contributed by atoms with E-state index >= 15 is 0 Å². The summed E-state index contributed by atoms with van der Waals surface area (Å²) in [4.78, 5) is 0. The molecule has 1 nitrogen and oxygen atoms in total. The van der Waals surface area contributed by atoms with Crippen molar-refractivity contribution in [1.29, 1.82) is 0 Å². The van der Waals surface area contributed by atoms with E-state index in [1.807, 2.05) is 0 Å². The van der Waals surface area contributed by atoms with Crippen LogP contribution in [0.2, 0.25) is 0 Å². The van der Waals surface area contributed by atoms with E-state index in [1.165, 1.54) is 35.0 Å².